The molecule has 0 bridgehead atoms. The number of ether oxygens (including phenoxy) is 1. The van der Waals surface area contributed by atoms with Crippen LogP contribution in [-0.2, 0) is 19.6 Å². The highest BCUT2D eigenvalue weighted by Gasteiger charge is 2.20. The van der Waals surface area contributed by atoms with E-state index in [0.717, 1.165) is 10.6 Å². The van der Waals surface area contributed by atoms with E-state index >= 15 is 0 Å². The molecule has 0 aliphatic carbocycles. The van der Waals surface area contributed by atoms with Gasteiger partial charge in [0.05, 0.1) is 24.6 Å². The summed E-state index contributed by atoms with van der Waals surface area (Å²) in [6.45, 7) is 5.57. The van der Waals surface area contributed by atoms with Gasteiger partial charge in [-0.05, 0) is 45.0 Å². The summed E-state index contributed by atoms with van der Waals surface area (Å²) in [6, 6.07) is 5.98. The lowest BCUT2D eigenvalue weighted by molar-refractivity contribution is -0.122. The molecule has 0 spiro atoms. The van der Waals surface area contributed by atoms with Gasteiger partial charge in [-0.15, -0.1) is 0 Å². The molecule has 0 aromatic heterocycles. The predicted octanol–water partition coefficient (Wildman–Crippen LogP) is 1.54. The molecule has 0 saturated carbocycles. The van der Waals surface area contributed by atoms with Gasteiger partial charge >= 0.3 is 5.97 Å². The summed E-state index contributed by atoms with van der Waals surface area (Å²) in [7, 11) is -2.29. The van der Waals surface area contributed by atoms with Crippen LogP contribution in [0.4, 0.5) is 5.69 Å². The number of methoxy groups -OCH3 is 1. The number of nitrogens with zero attached hydrogens (tertiary/aromatic N) is 1. The Morgan fingerprint density at radius 3 is 2.12 bits per heavy atom. The van der Waals surface area contributed by atoms with Crippen LogP contribution >= 0.6 is 0 Å². The van der Waals surface area contributed by atoms with E-state index in [1.54, 1.807) is 0 Å². The predicted molar refractivity (Wildman–Crippen MR) is 92.5 cm³/mol. The van der Waals surface area contributed by atoms with E-state index in [1.165, 1.54) is 31.4 Å². The van der Waals surface area contributed by atoms with Crippen LogP contribution in [-0.4, -0.2) is 45.7 Å². The van der Waals surface area contributed by atoms with Gasteiger partial charge in [-0.1, -0.05) is 0 Å². The van der Waals surface area contributed by atoms with Crippen LogP contribution in [0.5, 0.6) is 0 Å². The molecule has 0 unspecified atom stereocenters. The van der Waals surface area contributed by atoms with Crippen LogP contribution in [0.1, 0.15) is 37.6 Å². The number of rotatable bonds is 6. The van der Waals surface area contributed by atoms with Gasteiger partial charge in [-0.3, -0.25) is 9.10 Å². The molecule has 0 atom stereocenters. The van der Waals surface area contributed by atoms with Gasteiger partial charge in [0, 0.05) is 18.5 Å². The number of benzene rings is 1. The van der Waals surface area contributed by atoms with Crippen LogP contribution in [0, 0.1) is 0 Å². The van der Waals surface area contributed by atoms with E-state index in [9.17, 15) is 18.0 Å². The largest absolute Gasteiger partial charge is 0.465 e. The minimum absolute atomic E-state index is 0.0122. The smallest absolute Gasteiger partial charge is 0.337 e. The molecule has 1 rings (SSSR count). The number of nitrogens with one attached hydrogen (secondary N) is 1. The lowest BCUT2D eigenvalue weighted by Gasteiger charge is -2.24. The number of carbonyl (C=O) groups excluding carboxylic acids is 2. The third kappa shape index (κ3) is 6.19. The number of esters is 1. The molecule has 1 amide bonds. The molecule has 7 nitrogen and oxygen atoms in total. The third-order valence-corrected chi connectivity index (χ3v) is 4.23. The van der Waals surface area contributed by atoms with Gasteiger partial charge in [-0.25, -0.2) is 13.2 Å². The molecular weight excluding hydrogens is 332 g/mol. The maximum absolute atomic E-state index is 12.0. The van der Waals surface area contributed by atoms with Gasteiger partial charge in [0.2, 0.25) is 15.9 Å². The fraction of sp³-hybridized carbons (Fsp3) is 0.500. The zero-order valence-electron chi connectivity index (χ0n) is 14.6. The molecule has 0 aliphatic heterocycles. The molecule has 0 saturated heterocycles. The van der Waals surface area contributed by atoms with Crippen molar-refractivity contribution >= 4 is 27.6 Å². The van der Waals surface area contributed by atoms with E-state index in [2.05, 4.69) is 10.1 Å². The lowest BCUT2D eigenvalue weighted by atomic mass is 10.1. The van der Waals surface area contributed by atoms with Crippen molar-refractivity contribution in [3.05, 3.63) is 29.8 Å². The van der Waals surface area contributed by atoms with Crippen molar-refractivity contribution < 1.29 is 22.7 Å². The maximum atomic E-state index is 12.0. The van der Waals surface area contributed by atoms with E-state index in [0.29, 0.717) is 11.3 Å². The summed E-state index contributed by atoms with van der Waals surface area (Å²) in [6.07, 6.45) is 1.10. The molecule has 134 valence electrons. The molecule has 0 fully saturated rings. The summed E-state index contributed by atoms with van der Waals surface area (Å²) in [5, 5.41) is 2.79. The molecular formula is C16H24N2O5S. The van der Waals surface area contributed by atoms with Crippen LogP contribution in [0.2, 0.25) is 0 Å². The Morgan fingerprint density at radius 2 is 1.71 bits per heavy atom. The first-order valence-corrected chi connectivity index (χ1v) is 9.26. The van der Waals surface area contributed by atoms with Gasteiger partial charge in [0.1, 0.15) is 0 Å². The first-order chi connectivity index (χ1) is 10.9. The SMILES string of the molecule is COC(=O)c1ccc(N(CCC(=O)NC(C)(C)C)S(C)(=O)=O)cc1. The lowest BCUT2D eigenvalue weighted by Crippen LogP contribution is -2.42. The average Bonchev–Trinajstić information content (AvgIpc) is 2.44. The topological polar surface area (TPSA) is 92.8 Å². The highest BCUT2D eigenvalue weighted by atomic mass is 32.2. The number of anilines is 1. The van der Waals surface area contributed by atoms with Crippen molar-refractivity contribution in [1.82, 2.24) is 5.32 Å². The van der Waals surface area contributed by atoms with E-state index in [4.69, 9.17) is 0 Å². The van der Waals surface area contributed by atoms with E-state index in [1.807, 2.05) is 20.8 Å². The maximum Gasteiger partial charge on any atom is 0.337 e. The third-order valence-electron chi connectivity index (χ3n) is 3.03. The first-order valence-electron chi connectivity index (χ1n) is 7.41. The summed E-state index contributed by atoms with van der Waals surface area (Å²) in [5.41, 5.74) is 0.323. The van der Waals surface area contributed by atoms with Gasteiger partial charge in [0.25, 0.3) is 0 Å². The fourth-order valence-corrected chi connectivity index (χ4v) is 2.98. The Morgan fingerprint density at radius 1 is 1.17 bits per heavy atom. The standard InChI is InChI=1S/C16H24N2O5S/c1-16(2,3)17-14(19)10-11-18(24(5,21)22)13-8-6-12(7-9-13)15(20)23-4/h6-9H,10-11H2,1-5H3,(H,17,19). The number of carbonyl (C=O) groups is 2. The van der Waals surface area contributed by atoms with Crippen molar-refractivity contribution in [2.45, 2.75) is 32.7 Å². The average molecular weight is 356 g/mol. The van der Waals surface area contributed by atoms with Gasteiger partial charge in [-0.2, -0.15) is 0 Å². The first kappa shape index (κ1) is 20.0. The second kappa shape index (κ2) is 7.65. The summed E-state index contributed by atoms with van der Waals surface area (Å²) in [4.78, 5) is 23.3. The molecule has 0 radical (unpaired) electrons. The highest BCUT2D eigenvalue weighted by Crippen LogP contribution is 2.19. The van der Waals surface area contributed by atoms with Gasteiger partial charge in [0.15, 0.2) is 0 Å². The van der Waals surface area contributed by atoms with Gasteiger partial charge < -0.3 is 10.1 Å². The summed E-state index contributed by atoms with van der Waals surface area (Å²) in [5.74, 6) is -0.737. The zero-order valence-corrected chi connectivity index (χ0v) is 15.4. The Hall–Kier alpha value is -2.09. The van der Waals surface area contributed by atoms with E-state index < -0.39 is 16.0 Å². The monoisotopic (exact) mass is 356 g/mol. The number of hydrogen-bond acceptors (Lipinski definition) is 5. The number of sulfonamides is 1. The molecule has 0 heterocycles. The van der Waals surface area contributed by atoms with Crippen LogP contribution in [0.25, 0.3) is 0 Å². The highest BCUT2D eigenvalue weighted by molar-refractivity contribution is 7.92. The zero-order chi connectivity index (χ0) is 18.5. The molecule has 1 aromatic rings. The number of hydrogen-bond donors (Lipinski definition) is 1. The van der Waals surface area contributed by atoms with Crippen molar-refractivity contribution in [2.24, 2.45) is 0 Å². The van der Waals surface area contributed by atoms with E-state index in [-0.39, 0.29) is 24.4 Å². The molecule has 8 heteroatoms. The fourth-order valence-electron chi connectivity index (χ4n) is 2.05. The molecule has 1 aromatic carbocycles. The van der Waals surface area contributed by atoms with Crippen molar-refractivity contribution in [3.8, 4) is 0 Å². The number of amides is 1. The second-order valence-electron chi connectivity index (χ2n) is 6.42. The van der Waals surface area contributed by atoms with Crippen LogP contribution in [0.3, 0.4) is 0 Å². The molecule has 0 aliphatic rings. The van der Waals surface area contributed by atoms with Crippen molar-refractivity contribution in [3.63, 3.8) is 0 Å². The normalized spacial score (nSPS) is 11.7. The Balaban J connectivity index is 2.91. The summed E-state index contributed by atoms with van der Waals surface area (Å²) >= 11 is 0. The quantitative estimate of drug-likeness (QED) is 0.781. The Labute approximate surface area is 143 Å². The van der Waals surface area contributed by atoms with Crippen LogP contribution in [0.15, 0.2) is 24.3 Å². The molecule has 1 N–H and O–H groups in total. The Kier molecular flexibility index (Phi) is 6.36. The summed E-state index contributed by atoms with van der Waals surface area (Å²) < 4.78 is 29.8. The minimum Gasteiger partial charge on any atom is -0.465 e. The second-order valence-corrected chi connectivity index (χ2v) is 8.33. The van der Waals surface area contributed by atoms with Crippen molar-refractivity contribution in [2.75, 3.05) is 24.2 Å². The Bertz CT molecular complexity index is 690. The minimum atomic E-state index is -3.56. The van der Waals surface area contributed by atoms with Crippen molar-refractivity contribution in [1.29, 1.82) is 0 Å². The van der Waals surface area contributed by atoms with Crippen LogP contribution < -0.4 is 9.62 Å². The molecule has 24 heavy (non-hydrogen) atoms.